The first-order valence-electron chi connectivity index (χ1n) is 8.68. The molecule has 1 aliphatic rings. The van der Waals surface area contributed by atoms with Gasteiger partial charge in [0.05, 0.1) is 12.7 Å². The second-order valence-corrected chi connectivity index (χ2v) is 6.21. The average molecular weight is 391 g/mol. The standard InChI is InChI=1S/C20H19F2NO5/c1-26-17-10-14(6-8-16(17)28-20(21)22)19(25)27-11-18(24)23-15-7-5-12-3-2-4-13(12)9-15/h5-10,20H,2-4,11H2,1H3,(H,23,24). The maximum atomic E-state index is 12.3. The van der Waals surface area contributed by atoms with Gasteiger partial charge in [-0.05, 0) is 60.7 Å². The Bertz CT molecular complexity index is 885. The Balaban J connectivity index is 1.56. The van der Waals surface area contributed by atoms with Crippen molar-refractivity contribution in [1.29, 1.82) is 0 Å². The van der Waals surface area contributed by atoms with Crippen molar-refractivity contribution in [2.45, 2.75) is 25.9 Å². The van der Waals surface area contributed by atoms with Crippen molar-refractivity contribution in [3.63, 3.8) is 0 Å². The number of amides is 1. The smallest absolute Gasteiger partial charge is 0.387 e. The lowest BCUT2D eigenvalue weighted by Gasteiger charge is -2.11. The number of halogens is 2. The quantitative estimate of drug-likeness (QED) is 0.731. The van der Waals surface area contributed by atoms with E-state index >= 15 is 0 Å². The molecule has 1 amide bonds. The first-order chi connectivity index (χ1) is 13.5. The molecular formula is C20H19F2NO5. The fraction of sp³-hybridized carbons (Fsp3) is 0.300. The Hall–Kier alpha value is -3.16. The average Bonchev–Trinajstić information content (AvgIpc) is 3.13. The number of carbonyl (C=O) groups excluding carboxylic acids is 2. The van der Waals surface area contributed by atoms with Crippen LogP contribution in [-0.4, -0.2) is 32.2 Å². The molecule has 0 radical (unpaired) electrons. The number of fused-ring (bicyclic) bond motifs is 1. The van der Waals surface area contributed by atoms with Gasteiger partial charge >= 0.3 is 12.6 Å². The van der Waals surface area contributed by atoms with E-state index in [-0.39, 0.29) is 17.1 Å². The monoisotopic (exact) mass is 391 g/mol. The zero-order valence-electron chi connectivity index (χ0n) is 15.2. The molecule has 1 N–H and O–H groups in total. The first kappa shape index (κ1) is 19.6. The highest BCUT2D eigenvalue weighted by atomic mass is 19.3. The lowest BCUT2D eigenvalue weighted by Crippen LogP contribution is -2.21. The van der Waals surface area contributed by atoms with E-state index in [9.17, 15) is 18.4 Å². The highest BCUT2D eigenvalue weighted by Crippen LogP contribution is 2.29. The van der Waals surface area contributed by atoms with Crippen LogP contribution in [0.25, 0.3) is 0 Å². The Morgan fingerprint density at radius 3 is 2.61 bits per heavy atom. The van der Waals surface area contributed by atoms with Crippen LogP contribution in [0.4, 0.5) is 14.5 Å². The predicted molar refractivity (Wildman–Crippen MR) is 97.0 cm³/mol. The van der Waals surface area contributed by atoms with Crippen LogP contribution in [-0.2, 0) is 22.4 Å². The van der Waals surface area contributed by atoms with Gasteiger partial charge in [-0.3, -0.25) is 4.79 Å². The Kier molecular flexibility index (Phi) is 6.08. The number of rotatable bonds is 7. The van der Waals surface area contributed by atoms with E-state index < -0.39 is 25.1 Å². The molecule has 0 spiro atoms. The number of alkyl halides is 2. The number of hydrogen-bond acceptors (Lipinski definition) is 5. The molecule has 28 heavy (non-hydrogen) atoms. The summed E-state index contributed by atoms with van der Waals surface area (Å²) in [5, 5.41) is 2.69. The minimum Gasteiger partial charge on any atom is -0.493 e. The summed E-state index contributed by atoms with van der Waals surface area (Å²) in [5.74, 6) is -1.51. The van der Waals surface area contributed by atoms with Crippen LogP contribution in [0.3, 0.4) is 0 Å². The van der Waals surface area contributed by atoms with Crippen molar-refractivity contribution >= 4 is 17.6 Å². The fourth-order valence-electron chi connectivity index (χ4n) is 3.05. The van der Waals surface area contributed by atoms with Crippen LogP contribution < -0.4 is 14.8 Å². The number of nitrogens with one attached hydrogen (secondary N) is 1. The highest BCUT2D eigenvalue weighted by Gasteiger charge is 2.17. The third-order valence-electron chi connectivity index (χ3n) is 4.33. The van der Waals surface area contributed by atoms with E-state index in [1.165, 1.54) is 36.4 Å². The second kappa shape index (κ2) is 8.69. The van der Waals surface area contributed by atoms with E-state index in [0.717, 1.165) is 19.3 Å². The van der Waals surface area contributed by atoms with Gasteiger partial charge in [-0.15, -0.1) is 0 Å². The molecule has 0 heterocycles. The fourth-order valence-corrected chi connectivity index (χ4v) is 3.05. The van der Waals surface area contributed by atoms with Crippen LogP contribution in [0.5, 0.6) is 11.5 Å². The van der Waals surface area contributed by atoms with Crippen molar-refractivity contribution in [3.8, 4) is 11.5 Å². The molecule has 0 bridgehead atoms. The Morgan fingerprint density at radius 2 is 1.86 bits per heavy atom. The number of esters is 1. The van der Waals surface area contributed by atoms with E-state index in [0.29, 0.717) is 5.69 Å². The molecule has 0 saturated heterocycles. The third kappa shape index (κ3) is 4.76. The molecule has 0 fully saturated rings. The van der Waals surface area contributed by atoms with Crippen LogP contribution in [0.2, 0.25) is 0 Å². The number of anilines is 1. The first-order valence-corrected chi connectivity index (χ1v) is 8.68. The minimum absolute atomic E-state index is 0.0441. The maximum absolute atomic E-state index is 12.3. The number of aryl methyl sites for hydroxylation is 2. The Labute approximate surface area is 160 Å². The molecule has 2 aromatic rings. The summed E-state index contributed by atoms with van der Waals surface area (Å²) in [5.41, 5.74) is 3.20. The Morgan fingerprint density at radius 1 is 1.07 bits per heavy atom. The molecule has 148 valence electrons. The molecule has 3 rings (SSSR count). The topological polar surface area (TPSA) is 73.9 Å². The van der Waals surface area contributed by atoms with E-state index in [1.54, 1.807) is 0 Å². The predicted octanol–water partition coefficient (Wildman–Crippen LogP) is 3.58. The lowest BCUT2D eigenvalue weighted by molar-refractivity contribution is -0.119. The highest BCUT2D eigenvalue weighted by molar-refractivity contribution is 5.95. The maximum Gasteiger partial charge on any atom is 0.387 e. The summed E-state index contributed by atoms with van der Waals surface area (Å²) in [7, 11) is 1.26. The van der Waals surface area contributed by atoms with Crippen molar-refractivity contribution in [1.82, 2.24) is 0 Å². The molecule has 0 atom stereocenters. The van der Waals surface area contributed by atoms with E-state index in [4.69, 9.17) is 9.47 Å². The van der Waals surface area contributed by atoms with Gasteiger partial charge in [0.1, 0.15) is 0 Å². The van der Waals surface area contributed by atoms with E-state index in [1.807, 2.05) is 18.2 Å². The molecule has 6 nitrogen and oxygen atoms in total. The molecule has 0 unspecified atom stereocenters. The number of hydrogen-bond donors (Lipinski definition) is 1. The van der Waals surface area contributed by atoms with Crippen molar-refractivity contribution in [2.24, 2.45) is 0 Å². The van der Waals surface area contributed by atoms with Gasteiger partial charge in [0, 0.05) is 5.69 Å². The number of ether oxygens (including phenoxy) is 3. The normalized spacial score (nSPS) is 12.4. The molecule has 0 aliphatic heterocycles. The van der Waals surface area contributed by atoms with Crippen LogP contribution in [0.1, 0.15) is 27.9 Å². The second-order valence-electron chi connectivity index (χ2n) is 6.21. The molecule has 1 aliphatic carbocycles. The summed E-state index contributed by atoms with van der Waals surface area (Å²) in [6.07, 6.45) is 3.14. The lowest BCUT2D eigenvalue weighted by atomic mass is 10.1. The van der Waals surface area contributed by atoms with Gasteiger partial charge in [0.15, 0.2) is 18.1 Å². The number of carbonyl (C=O) groups is 2. The van der Waals surface area contributed by atoms with E-state index in [2.05, 4.69) is 10.1 Å². The third-order valence-corrected chi connectivity index (χ3v) is 4.33. The molecule has 2 aromatic carbocycles. The zero-order valence-corrected chi connectivity index (χ0v) is 15.2. The molecular weight excluding hydrogens is 372 g/mol. The van der Waals surface area contributed by atoms with Gasteiger partial charge in [-0.2, -0.15) is 8.78 Å². The molecule has 0 saturated carbocycles. The summed E-state index contributed by atoms with van der Waals surface area (Å²) < 4.78 is 38.9. The van der Waals surface area contributed by atoms with Crippen LogP contribution in [0.15, 0.2) is 36.4 Å². The van der Waals surface area contributed by atoms with Gasteiger partial charge in [0.25, 0.3) is 5.91 Å². The largest absolute Gasteiger partial charge is 0.493 e. The molecule has 8 heteroatoms. The number of methoxy groups -OCH3 is 1. The van der Waals surface area contributed by atoms with Crippen LogP contribution in [0, 0.1) is 0 Å². The van der Waals surface area contributed by atoms with Crippen molar-refractivity contribution in [3.05, 3.63) is 53.1 Å². The summed E-state index contributed by atoms with van der Waals surface area (Å²) >= 11 is 0. The summed E-state index contributed by atoms with van der Waals surface area (Å²) in [6.45, 7) is -3.50. The van der Waals surface area contributed by atoms with Crippen LogP contribution >= 0.6 is 0 Å². The van der Waals surface area contributed by atoms with Gasteiger partial charge in [0.2, 0.25) is 0 Å². The SMILES string of the molecule is COc1cc(C(=O)OCC(=O)Nc2ccc3c(c2)CCC3)ccc1OC(F)F. The molecule has 0 aromatic heterocycles. The van der Waals surface area contributed by atoms with Crippen molar-refractivity contribution < 1.29 is 32.6 Å². The van der Waals surface area contributed by atoms with Gasteiger partial charge in [-0.1, -0.05) is 6.07 Å². The summed E-state index contributed by atoms with van der Waals surface area (Å²) in [6, 6.07) is 9.36. The number of benzene rings is 2. The zero-order chi connectivity index (χ0) is 20.1. The van der Waals surface area contributed by atoms with Gasteiger partial charge in [-0.25, -0.2) is 4.79 Å². The van der Waals surface area contributed by atoms with Crippen molar-refractivity contribution in [2.75, 3.05) is 19.0 Å². The van der Waals surface area contributed by atoms with Gasteiger partial charge < -0.3 is 19.5 Å². The summed E-state index contributed by atoms with van der Waals surface area (Å²) in [4.78, 5) is 24.1. The minimum atomic E-state index is -3.02.